The smallest absolute Gasteiger partial charge is 0.252 e. The molecule has 6 heteroatoms. The zero-order chi connectivity index (χ0) is 19.9. The molecule has 0 fully saturated rings. The van der Waals surface area contributed by atoms with Gasteiger partial charge in [-0.1, -0.05) is 52.1 Å². The van der Waals surface area contributed by atoms with Crippen molar-refractivity contribution in [2.75, 3.05) is 18.8 Å². The number of carbonyl (C=O) groups excluding carboxylic acids is 2. The van der Waals surface area contributed by atoms with Crippen LogP contribution in [0.25, 0.3) is 0 Å². The highest BCUT2D eigenvalue weighted by molar-refractivity contribution is 6.33. The first kappa shape index (κ1) is 22.3. The zero-order valence-electron chi connectivity index (χ0n) is 16.6. The number of rotatable bonds is 8. The fraction of sp³-hybridized carbons (Fsp3) is 0.600. The normalized spacial score (nSPS) is 12.5. The molecule has 0 aliphatic heterocycles. The second-order valence-electron chi connectivity index (χ2n) is 7.63. The topological polar surface area (TPSA) is 75.4 Å². The number of hydrogen-bond acceptors (Lipinski definition) is 3. The van der Waals surface area contributed by atoms with Crippen LogP contribution >= 0.6 is 11.6 Å². The predicted molar refractivity (Wildman–Crippen MR) is 108 cm³/mol. The Balaban J connectivity index is 2.97. The van der Waals surface area contributed by atoms with Crippen LogP contribution < -0.4 is 11.1 Å². The molecule has 0 aliphatic carbocycles. The van der Waals surface area contributed by atoms with Crippen molar-refractivity contribution in [1.29, 1.82) is 0 Å². The van der Waals surface area contributed by atoms with Crippen LogP contribution in [0.1, 0.15) is 64.2 Å². The molecule has 0 radical (unpaired) electrons. The summed E-state index contributed by atoms with van der Waals surface area (Å²) in [7, 11) is 0. The van der Waals surface area contributed by atoms with Crippen molar-refractivity contribution in [3.8, 4) is 0 Å². The van der Waals surface area contributed by atoms with Gasteiger partial charge in [0.25, 0.3) is 5.91 Å². The molecule has 26 heavy (non-hydrogen) atoms. The number of carbonyl (C=O) groups is 2. The van der Waals surface area contributed by atoms with Gasteiger partial charge in [0.05, 0.1) is 10.7 Å². The van der Waals surface area contributed by atoms with E-state index in [1.807, 2.05) is 32.6 Å². The van der Waals surface area contributed by atoms with E-state index in [1.54, 1.807) is 12.1 Å². The SMILES string of the molecule is CCCCCN(CC)C(=O)C(NC(=O)c1ccc(N)c(Cl)c1)C(C)(C)C. The third-order valence-corrected chi connectivity index (χ3v) is 4.70. The summed E-state index contributed by atoms with van der Waals surface area (Å²) in [5.41, 5.74) is 6.09. The van der Waals surface area contributed by atoms with E-state index in [0.29, 0.717) is 29.4 Å². The minimum Gasteiger partial charge on any atom is -0.398 e. The summed E-state index contributed by atoms with van der Waals surface area (Å²) in [6.07, 6.45) is 3.15. The maximum absolute atomic E-state index is 13.1. The number of amides is 2. The van der Waals surface area contributed by atoms with Gasteiger partial charge < -0.3 is 16.0 Å². The number of nitrogens with two attached hydrogens (primary N) is 1. The minimum atomic E-state index is -0.618. The number of benzene rings is 1. The Morgan fingerprint density at radius 3 is 2.38 bits per heavy atom. The lowest BCUT2D eigenvalue weighted by Gasteiger charge is -2.34. The molecule has 5 nitrogen and oxygen atoms in total. The van der Waals surface area contributed by atoms with Gasteiger partial charge in [-0.3, -0.25) is 9.59 Å². The van der Waals surface area contributed by atoms with Gasteiger partial charge in [-0.25, -0.2) is 0 Å². The molecule has 0 spiro atoms. The summed E-state index contributed by atoms with van der Waals surface area (Å²) in [5, 5.41) is 3.22. The second kappa shape index (κ2) is 9.81. The monoisotopic (exact) mass is 381 g/mol. The molecule has 1 atom stereocenters. The third kappa shape index (κ3) is 6.20. The maximum Gasteiger partial charge on any atom is 0.252 e. The van der Waals surface area contributed by atoms with Crippen LogP contribution in [0.15, 0.2) is 18.2 Å². The summed E-state index contributed by atoms with van der Waals surface area (Å²) in [5.74, 6) is -0.379. The highest BCUT2D eigenvalue weighted by Gasteiger charge is 2.35. The van der Waals surface area contributed by atoms with Crippen LogP contribution in [0.2, 0.25) is 5.02 Å². The number of hydrogen-bond donors (Lipinski definition) is 2. The van der Waals surface area contributed by atoms with Gasteiger partial charge in [0, 0.05) is 18.7 Å². The number of halogens is 1. The van der Waals surface area contributed by atoms with Crippen LogP contribution in [0, 0.1) is 5.41 Å². The van der Waals surface area contributed by atoms with Gasteiger partial charge in [0.1, 0.15) is 6.04 Å². The van der Waals surface area contributed by atoms with Crippen LogP contribution in [0.3, 0.4) is 0 Å². The molecule has 146 valence electrons. The number of nitrogen functional groups attached to an aromatic ring is 1. The summed E-state index contributed by atoms with van der Waals surface area (Å²) in [6.45, 7) is 11.3. The van der Waals surface area contributed by atoms with Crippen LogP contribution in [-0.4, -0.2) is 35.8 Å². The quantitative estimate of drug-likeness (QED) is 0.525. The van der Waals surface area contributed by atoms with E-state index in [4.69, 9.17) is 17.3 Å². The van der Waals surface area contributed by atoms with Gasteiger partial charge in [0.15, 0.2) is 0 Å². The van der Waals surface area contributed by atoms with E-state index in [2.05, 4.69) is 12.2 Å². The largest absolute Gasteiger partial charge is 0.398 e. The third-order valence-electron chi connectivity index (χ3n) is 4.38. The van der Waals surface area contributed by atoms with Crippen molar-refractivity contribution in [1.82, 2.24) is 10.2 Å². The lowest BCUT2D eigenvalue weighted by Crippen LogP contribution is -2.54. The lowest BCUT2D eigenvalue weighted by molar-refractivity contribution is -0.135. The Morgan fingerprint density at radius 1 is 1.23 bits per heavy atom. The van der Waals surface area contributed by atoms with Crippen molar-refractivity contribution < 1.29 is 9.59 Å². The van der Waals surface area contributed by atoms with Crippen molar-refractivity contribution in [2.24, 2.45) is 5.41 Å². The van der Waals surface area contributed by atoms with Crippen LogP contribution in [0.4, 0.5) is 5.69 Å². The molecular formula is C20H32ClN3O2. The fourth-order valence-corrected chi connectivity index (χ4v) is 2.87. The van der Waals surface area contributed by atoms with Crippen molar-refractivity contribution in [3.05, 3.63) is 28.8 Å². The Hall–Kier alpha value is -1.75. The van der Waals surface area contributed by atoms with Crippen molar-refractivity contribution in [3.63, 3.8) is 0 Å². The average Bonchev–Trinajstić information content (AvgIpc) is 2.57. The molecule has 0 heterocycles. The molecule has 1 aromatic rings. The van der Waals surface area contributed by atoms with E-state index in [1.165, 1.54) is 6.07 Å². The number of nitrogens with one attached hydrogen (secondary N) is 1. The summed E-state index contributed by atoms with van der Waals surface area (Å²) in [6, 6.07) is 4.11. The van der Waals surface area contributed by atoms with Gasteiger partial charge in [-0.2, -0.15) is 0 Å². The van der Waals surface area contributed by atoms with E-state index in [-0.39, 0.29) is 11.8 Å². The molecule has 2 amide bonds. The number of anilines is 1. The fourth-order valence-electron chi connectivity index (χ4n) is 2.69. The highest BCUT2D eigenvalue weighted by atomic mass is 35.5. The Kier molecular flexibility index (Phi) is 8.41. The molecule has 0 bridgehead atoms. The van der Waals surface area contributed by atoms with Gasteiger partial charge in [0.2, 0.25) is 5.91 Å². The minimum absolute atomic E-state index is 0.0500. The first-order chi connectivity index (χ1) is 12.1. The first-order valence-corrected chi connectivity index (χ1v) is 9.64. The predicted octanol–water partition coefficient (Wildman–Crippen LogP) is 4.11. The molecule has 3 N–H and O–H groups in total. The highest BCUT2D eigenvalue weighted by Crippen LogP contribution is 2.23. The Bertz CT molecular complexity index is 626. The molecule has 1 aromatic carbocycles. The number of likely N-dealkylation sites (N-methyl/N-ethyl adjacent to an activating group) is 1. The van der Waals surface area contributed by atoms with Crippen LogP contribution in [-0.2, 0) is 4.79 Å². The first-order valence-electron chi connectivity index (χ1n) is 9.26. The summed E-state index contributed by atoms with van der Waals surface area (Å²) >= 11 is 6.01. The van der Waals surface area contributed by atoms with Gasteiger partial charge in [-0.05, 0) is 37.0 Å². The maximum atomic E-state index is 13.1. The second-order valence-corrected chi connectivity index (χ2v) is 8.04. The van der Waals surface area contributed by atoms with Crippen molar-refractivity contribution >= 4 is 29.1 Å². The van der Waals surface area contributed by atoms with E-state index >= 15 is 0 Å². The summed E-state index contributed by atoms with van der Waals surface area (Å²) < 4.78 is 0. The molecule has 0 aliphatic rings. The Morgan fingerprint density at radius 2 is 1.88 bits per heavy atom. The molecule has 0 saturated carbocycles. The molecule has 1 unspecified atom stereocenters. The van der Waals surface area contributed by atoms with Gasteiger partial charge >= 0.3 is 0 Å². The molecule has 1 rings (SSSR count). The van der Waals surface area contributed by atoms with Gasteiger partial charge in [-0.15, -0.1) is 0 Å². The van der Waals surface area contributed by atoms with Crippen LogP contribution in [0.5, 0.6) is 0 Å². The van der Waals surface area contributed by atoms with E-state index in [9.17, 15) is 9.59 Å². The number of unbranched alkanes of at least 4 members (excludes halogenated alkanes) is 2. The van der Waals surface area contributed by atoms with E-state index < -0.39 is 11.5 Å². The lowest BCUT2D eigenvalue weighted by atomic mass is 9.85. The van der Waals surface area contributed by atoms with Crippen molar-refractivity contribution in [2.45, 2.75) is 59.9 Å². The molecular weight excluding hydrogens is 350 g/mol. The standard InChI is InChI=1S/C20H32ClN3O2/c1-6-8-9-12-24(7-2)19(26)17(20(3,4)5)23-18(25)14-10-11-16(22)15(21)13-14/h10-11,13,17H,6-9,12,22H2,1-5H3,(H,23,25). The number of nitrogens with zero attached hydrogens (tertiary/aromatic N) is 1. The average molecular weight is 382 g/mol. The van der Waals surface area contributed by atoms with E-state index in [0.717, 1.165) is 19.3 Å². The zero-order valence-corrected chi connectivity index (χ0v) is 17.3. The summed E-state index contributed by atoms with van der Waals surface area (Å²) in [4.78, 5) is 27.5. The Labute approximate surface area is 162 Å². The molecule has 0 saturated heterocycles. The molecule has 0 aromatic heterocycles.